The number of unbranched alkanes of at least 4 members (excludes halogenated alkanes) is 1. The molecule has 0 aromatic carbocycles. The van der Waals surface area contributed by atoms with Crippen LogP contribution >= 0.6 is 0 Å². The molecule has 0 heterocycles. The molecule has 0 bridgehead atoms. The molecule has 0 rings (SSSR count). The Hall–Kier alpha value is -0.500. The lowest BCUT2D eigenvalue weighted by atomic mass is 10.4. The zero-order valence-electron chi connectivity index (χ0n) is 7.51. The molecule has 0 aliphatic carbocycles. The summed E-state index contributed by atoms with van der Waals surface area (Å²) in [4.78, 5) is 0. The van der Waals surface area contributed by atoms with Gasteiger partial charge >= 0.3 is 0 Å². The molecule has 0 N–H and O–H groups in total. The summed E-state index contributed by atoms with van der Waals surface area (Å²) in [5.74, 6) is 0. The van der Waals surface area contributed by atoms with E-state index in [4.69, 9.17) is 9.47 Å². The topological polar surface area (TPSA) is 18.5 Å². The average molecular weight is 158 g/mol. The Morgan fingerprint density at radius 3 is 2.73 bits per heavy atom. The lowest BCUT2D eigenvalue weighted by Crippen LogP contribution is -1.97. The van der Waals surface area contributed by atoms with Gasteiger partial charge in [0.2, 0.25) is 0 Å². The maximum Gasteiger partial charge on any atom is 0.188 e. The van der Waals surface area contributed by atoms with E-state index in [0.29, 0.717) is 6.79 Å². The summed E-state index contributed by atoms with van der Waals surface area (Å²) in [6.45, 7) is 5.39. The van der Waals surface area contributed by atoms with Crippen molar-refractivity contribution in [3.63, 3.8) is 0 Å². The van der Waals surface area contributed by atoms with Crippen LogP contribution in [0.25, 0.3) is 0 Å². The molecule has 2 nitrogen and oxygen atoms in total. The number of hydrogen-bond acceptors (Lipinski definition) is 2. The molecule has 0 aromatic heterocycles. The van der Waals surface area contributed by atoms with E-state index in [1.54, 1.807) is 6.26 Å². The number of hydrogen-bond donors (Lipinski definition) is 0. The highest BCUT2D eigenvalue weighted by atomic mass is 16.7. The normalized spacial score (nSPS) is 10.7. The Bertz CT molecular complexity index is 89.6. The van der Waals surface area contributed by atoms with Gasteiger partial charge in [0.05, 0.1) is 12.9 Å². The van der Waals surface area contributed by atoms with Crippen LogP contribution in [-0.2, 0) is 9.47 Å². The summed E-state index contributed by atoms with van der Waals surface area (Å²) < 4.78 is 10.2. The molecule has 0 fully saturated rings. The van der Waals surface area contributed by atoms with Gasteiger partial charge in [0, 0.05) is 0 Å². The minimum Gasteiger partial charge on any atom is -0.475 e. The van der Waals surface area contributed by atoms with Crippen LogP contribution in [0.3, 0.4) is 0 Å². The fourth-order valence-corrected chi connectivity index (χ4v) is 0.557. The van der Waals surface area contributed by atoms with Crippen LogP contribution in [-0.4, -0.2) is 13.4 Å². The first-order chi connectivity index (χ1) is 5.41. The van der Waals surface area contributed by atoms with E-state index in [-0.39, 0.29) is 0 Å². The van der Waals surface area contributed by atoms with E-state index in [9.17, 15) is 0 Å². The van der Waals surface area contributed by atoms with Gasteiger partial charge in [-0.15, -0.1) is 0 Å². The fraction of sp³-hybridized carbons (Fsp3) is 0.778. The quantitative estimate of drug-likeness (QED) is 0.322. The van der Waals surface area contributed by atoms with Crippen LogP contribution < -0.4 is 0 Å². The fourth-order valence-electron chi connectivity index (χ4n) is 0.557. The molecule has 11 heavy (non-hydrogen) atoms. The second kappa shape index (κ2) is 9.50. The summed E-state index contributed by atoms with van der Waals surface area (Å²) in [7, 11) is 0. The zero-order valence-corrected chi connectivity index (χ0v) is 7.51. The standard InChI is InChI=1S/C9H18O2/c1-3-5-7-10-9-11-8-6-4-2/h5,7H,3-4,6,8-9H2,1-2H3. The van der Waals surface area contributed by atoms with Crippen molar-refractivity contribution in [3.05, 3.63) is 12.3 Å². The number of rotatable bonds is 7. The van der Waals surface area contributed by atoms with Gasteiger partial charge < -0.3 is 9.47 Å². The third-order valence-electron chi connectivity index (χ3n) is 1.22. The van der Waals surface area contributed by atoms with Crippen molar-refractivity contribution in [1.29, 1.82) is 0 Å². The van der Waals surface area contributed by atoms with Gasteiger partial charge in [0.25, 0.3) is 0 Å². The van der Waals surface area contributed by atoms with Gasteiger partial charge in [-0.1, -0.05) is 20.3 Å². The van der Waals surface area contributed by atoms with Gasteiger partial charge in [-0.2, -0.15) is 0 Å². The van der Waals surface area contributed by atoms with Gasteiger partial charge in [0.15, 0.2) is 6.79 Å². The van der Waals surface area contributed by atoms with Gasteiger partial charge in [-0.3, -0.25) is 0 Å². The van der Waals surface area contributed by atoms with E-state index in [2.05, 4.69) is 13.8 Å². The molecule has 66 valence electrons. The summed E-state index contributed by atoms with van der Waals surface area (Å²) in [6, 6.07) is 0. The molecule has 0 atom stereocenters. The summed E-state index contributed by atoms with van der Waals surface area (Å²) in [5.41, 5.74) is 0. The van der Waals surface area contributed by atoms with Crippen molar-refractivity contribution < 1.29 is 9.47 Å². The van der Waals surface area contributed by atoms with Crippen LogP contribution in [0.15, 0.2) is 12.3 Å². The van der Waals surface area contributed by atoms with Crippen LogP contribution in [0, 0.1) is 0 Å². The van der Waals surface area contributed by atoms with Crippen LogP contribution in [0.1, 0.15) is 33.1 Å². The van der Waals surface area contributed by atoms with Crippen molar-refractivity contribution in [2.75, 3.05) is 13.4 Å². The smallest absolute Gasteiger partial charge is 0.188 e. The van der Waals surface area contributed by atoms with Crippen LogP contribution in [0.4, 0.5) is 0 Å². The minimum atomic E-state index is 0.385. The molecule has 0 amide bonds. The van der Waals surface area contributed by atoms with E-state index < -0.39 is 0 Å². The van der Waals surface area contributed by atoms with E-state index in [1.165, 1.54) is 6.42 Å². The van der Waals surface area contributed by atoms with Crippen molar-refractivity contribution in [2.45, 2.75) is 33.1 Å². The first-order valence-electron chi connectivity index (χ1n) is 4.26. The average Bonchev–Trinajstić information content (AvgIpc) is 2.03. The highest BCUT2D eigenvalue weighted by Crippen LogP contribution is 1.88. The van der Waals surface area contributed by atoms with Gasteiger partial charge in [-0.05, 0) is 18.9 Å². The zero-order chi connectivity index (χ0) is 8.36. The Morgan fingerprint density at radius 2 is 2.09 bits per heavy atom. The monoisotopic (exact) mass is 158 g/mol. The Balaban J connectivity index is 2.85. The molecule has 0 saturated carbocycles. The second-order valence-corrected chi connectivity index (χ2v) is 2.33. The molecule has 0 spiro atoms. The molecule has 0 aromatic rings. The Morgan fingerprint density at radius 1 is 1.27 bits per heavy atom. The molecule has 0 radical (unpaired) electrons. The molecular formula is C9H18O2. The number of ether oxygens (including phenoxy) is 2. The predicted molar refractivity (Wildman–Crippen MR) is 46.2 cm³/mol. The predicted octanol–water partition coefficient (Wildman–Crippen LogP) is 2.70. The molecule has 0 saturated heterocycles. The molecule has 0 aliphatic heterocycles. The Kier molecular flexibility index (Phi) is 9.07. The van der Waals surface area contributed by atoms with Crippen LogP contribution in [0.2, 0.25) is 0 Å². The first-order valence-corrected chi connectivity index (χ1v) is 4.26. The minimum absolute atomic E-state index is 0.385. The second-order valence-electron chi connectivity index (χ2n) is 2.33. The van der Waals surface area contributed by atoms with E-state index in [0.717, 1.165) is 19.4 Å². The molecule has 2 heteroatoms. The maximum atomic E-state index is 5.15. The van der Waals surface area contributed by atoms with Gasteiger partial charge in [0.1, 0.15) is 0 Å². The van der Waals surface area contributed by atoms with Crippen molar-refractivity contribution in [1.82, 2.24) is 0 Å². The molecule has 0 unspecified atom stereocenters. The summed E-state index contributed by atoms with van der Waals surface area (Å²) in [6.07, 6.45) is 6.94. The highest BCUT2D eigenvalue weighted by Gasteiger charge is 1.83. The maximum absolute atomic E-state index is 5.15. The lowest BCUT2D eigenvalue weighted by Gasteiger charge is -2.01. The SMILES string of the molecule is CCC=COCOCCCC. The molecular weight excluding hydrogens is 140 g/mol. The first kappa shape index (κ1) is 10.5. The third kappa shape index (κ3) is 9.50. The highest BCUT2D eigenvalue weighted by molar-refractivity contribution is 4.69. The van der Waals surface area contributed by atoms with Crippen molar-refractivity contribution in [2.24, 2.45) is 0 Å². The number of allylic oxidation sites excluding steroid dienone is 1. The largest absolute Gasteiger partial charge is 0.475 e. The lowest BCUT2D eigenvalue weighted by molar-refractivity contribution is -0.0124. The summed E-state index contributed by atoms with van der Waals surface area (Å²) >= 11 is 0. The van der Waals surface area contributed by atoms with Crippen LogP contribution in [0.5, 0.6) is 0 Å². The Labute approximate surface area is 69.2 Å². The van der Waals surface area contributed by atoms with Gasteiger partial charge in [-0.25, -0.2) is 0 Å². The molecule has 0 aliphatic rings. The van der Waals surface area contributed by atoms with E-state index in [1.807, 2.05) is 6.08 Å². The van der Waals surface area contributed by atoms with Crippen molar-refractivity contribution in [3.8, 4) is 0 Å². The third-order valence-corrected chi connectivity index (χ3v) is 1.22. The summed E-state index contributed by atoms with van der Waals surface area (Å²) in [5, 5.41) is 0. The van der Waals surface area contributed by atoms with Crippen molar-refractivity contribution >= 4 is 0 Å². The van der Waals surface area contributed by atoms with E-state index >= 15 is 0 Å².